The lowest BCUT2D eigenvalue weighted by molar-refractivity contribution is -0.114. The van der Waals surface area contributed by atoms with Gasteiger partial charge in [0.15, 0.2) is 0 Å². The summed E-state index contributed by atoms with van der Waals surface area (Å²) in [6.45, 7) is 6.34. The highest BCUT2D eigenvalue weighted by Gasteiger charge is 2.38. The Labute approximate surface area is 154 Å². The van der Waals surface area contributed by atoms with Gasteiger partial charge in [-0.25, -0.2) is 8.42 Å². The Kier molecular flexibility index (Phi) is 5.15. The van der Waals surface area contributed by atoms with Crippen LogP contribution < -0.4 is 5.32 Å². The quantitative estimate of drug-likeness (QED) is 0.869. The molecule has 0 bridgehead atoms. The highest BCUT2D eigenvalue weighted by Crippen LogP contribution is 2.38. The van der Waals surface area contributed by atoms with Crippen molar-refractivity contribution < 1.29 is 13.2 Å². The molecule has 1 fully saturated rings. The number of benzene rings is 1. The van der Waals surface area contributed by atoms with Gasteiger partial charge in [-0.1, -0.05) is 6.07 Å². The maximum Gasteiger partial charge on any atom is 0.245 e. The fourth-order valence-corrected chi connectivity index (χ4v) is 5.38. The van der Waals surface area contributed by atoms with Crippen LogP contribution in [0.1, 0.15) is 44.0 Å². The van der Waals surface area contributed by atoms with Crippen molar-refractivity contribution in [2.75, 3.05) is 11.9 Å². The third kappa shape index (κ3) is 3.39. The summed E-state index contributed by atoms with van der Waals surface area (Å²) in [6, 6.07) is 6.69. The van der Waals surface area contributed by atoms with Gasteiger partial charge in [-0.15, -0.1) is 0 Å². The minimum Gasteiger partial charge on any atom is -0.325 e. The van der Waals surface area contributed by atoms with Crippen molar-refractivity contribution in [1.82, 2.24) is 14.1 Å². The van der Waals surface area contributed by atoms with Gasteiger partial charge in [-0.2, -0.15) is 9.40 Å². The molecule has 140 valence electrons. The Morgan fingerprint density at radius 3 is 2.81 bits per heavy atom. The van der Waals surface area contributed by atoms with Gasteiger partial charge in [-0.05, 0) is 50.5 Å². The molecule has 3 rings (SSSR count). The van der Waals surface area contributed by atoms with Crippen LogP contribution in [0.2, 0.25) is 0 Å². The Hall–Kier alpha value is -2.19. The number of carbonyl (C=O) groups excluding carboxylic acids is 1. The molecule has 2 heterocycles. The molecule has 1 aliphatic rings. The number of aromatic nitrogens is 2. The average Bonchev–Trinajstić information content (AvgIpc) is 3.24. The fraction of sp³-hybridized carbons (Fsp3) is 0.444. The molecule has 0 radical (unpaired) electrons. The summed E-state index contributed by atoms with van der Waals surface area (Å²) in [5, 5.41) is 6.92. The van der Waals surface area contributed by atoms with Crippen LogP contribution in [0.3, 0.4) is 0 Å². The molecule has 1 N–H and O–H groups in total. The van der Waals surface area contributed by atoms with Gasteiger partial charge in [0.1, 0.15) is 4.90 Å². The molecule has 1 amide bonds. The SMILES string of the molecule is CCn1nccc1[C@@H]1CCCN1S(=O)(=O)c1cc(C)ccc1NC(C)=O. The van der Waals surface area contributed by atoms with Crippen LogP contribution >= 0.6 is 0 Å². The molecule has 2 aromatic rings. The van der Waals surface area contributed by atoms with Gasteiger partial charge in [0.25, 0.3) is 0 Å². The predicted octanol–water partition coefficient (Wildman–Crippen LogP) is 2.70. The lowest BCUT2D eigenvalue weighted by Gasteiger charge is -2.26. The highest BCUT2D eigenvalue weighted by molar-refractivity contribution is 7.89. The Morgan fingerprint density at radius 2 is 2.12 bits per heavy atom. The molecular weight excluding hydrogens is 352 g/mol. The molecule has 1 atom stereocenters. The molecule has 8 heteroatoms. The van der Waals surface area contributed by atoms with Crippen LogP contribution in [0.4, 0.5) is 5.69 Å². The Balaban J connectivity index is 2.05. The van der Waals surface area contributed by atoms with E-state index in [-0.39, 0.29) is 16.8 Å². The number of aryl methyl sites for hydroxylation is 2. The second-order valence-electron chi connectivity index (χ2n) is 6.53. The van der Waals surface area contributed by atoms with E-state index < -0.39 is 10.0 Å². The van der Waals surface area contributed by atoms with Gasteiger partial charge in [0.2, 0.25) is 15.9 Å². The maximum atomic E-state index is 13.4. The van der Waals surface area contributed by atoms with E-state index in [9.17, 15) is 13.2 Å². The number of sulfonamides is 1. The zero-order valence-electron chi connectivity index (χ0n) is 15.3. The van der Waals surface area contributed by atoms with Gasteiger partial charge in [0, 0.05) is 26.2 Å². The van der Waals surface area contributed by atoms with Crippen LogP contribution in [0.5, 0.6) is 0 Å². The van der Waals surface area contributed by atoms with E-state index in [2.05, 4.69) is 10.4 Å². The van der Waals surface area contributed by atoms with Crippen molar-refractivity contribution in [2.24, 2.45) is 0 Å². The molecule has 0 aliphatic carbocycles. The van der Waals surface area contributed by atoms with Crippen LogP contribution in [-0.4, -0.2) is 35.0 Å². The standard InChI is InChI=1S/C18H24N4O3S/c1-4-21-16(9-10-19-21)17-6-5-11-22(17)26(24,25)18-12-13(2)7-8-15(18)20-14(3)23/h7-10,12,17H,4-6,11H2,1-3H3,(H,20,23)/t17-/m0/s1. The molecular formula is C18H24N4O3S. The number of hydrogen-bond donors (Lipinski definition) is 1. The zero-order chi connectivity index (χ0) is 18.9. The van der Waals surface area contributed by atoms with E-state index in [1.807, 2.05) is 24.6 Å². The Bertz CT molecular complexity index is 920. The van der Waals surface area contributed by atoms with Crippen molar-refractivity contribution in [2.45, 2.75) is 51.1 Å². The molecule has 1 aromatic carbocycles. The summed E-state index contributed by atoms with van der Waals surface area (Å²) in [5.74, 6) is -0.299. The van der Waals surface area contributed by atoms with Crippen molar-refractivity contribution >= 4 is 21.6 Å². The molecule has 7 nitrogen and oxygen atoms in total. The summed E-state index contributed by atoms with van der Waals surface area (Å²) in [4.78, 5) is 11.6. The summed E-state index contributed by atoms with van der Waals surface area (Å²) in [7, 11) is -3.76. The molecule has 0 saturated carbocycles. The first-order valence-corrected chi connectivity index (χ1v) is 10.2. The molecule has 26 heavy (non-hydrogen) atoms. The normalized spacial score (nSPS) is 18.2. The minimum absolute atomic E-state index is 0.141. The molecule has 1 aliphatic heterocycles. The van der Waals surface area contributed by atoms with Crippen LogP contribution in [0.15, 0.2) is 35.4 Å². The molecule has 0 spiro atoms. The topological polar surface area (TPSA) is 84.3 Å². The number of nitrogens with zero attached hydrogens (tertiary/aromatic N) is 3. The Morgan fingerprint density at radius 1 is 1.35 bits per heavy atom. The predicted molar refractivity (Wildman–Crippen MR) is 99.3 cm³/mol. The van der Waals surface area contributed by atoms with Crippen molar-refractivity contribution in [3.8, 4) is 0 Å². The lowest BCUT2D eigenvalue weighted by atomic mass is 10.1. The number of nitrogens with one attached hydrogen (secondary N) is 1. The number of anilines is 1. The number of rotatable bonds is 5. The van der Waals surface area contributed by atoms with Crippen LogP contribution in [0, 0.1) is 6.92 Å². The first-order valence-electron chi connectivity index (χ1n) is 8.76. The fourth-order valence-electron chi connectivity index (χ4n) is 3.48. The second kappa shape index (κ2) is 7.20. The van der Waals surface area contributed by atoms with E-state index in [0.29, 0.717) is 18.8 Å². The van der Waals surface area contributed by atoms with Crippen molar-refractivity contribution in [3.05, 3.63) is 41.7 Å². The van der Waals surface area contributed by atoms with Gasteiger partial charge in [-0.3, -0.25) is 9.48 Å². The molecule has 1 aromatic heterocycles. The van der Waals surface area contributed by atoms with E-state index in [1.165, 1.54) is 11.2 Å². The average molecular weight is 376 g/mol. The van der Waals surface area contributed by atoms with E-state index in [4.69, 9.17) is 0 Å². The van der Waals surface area contributed by atoms with Crippen LogP contribution in [-0.2, 0) is 21.4 Å². The monoisotopic (exact) mass is 376 g/mol. The third-order valence-corrected chi connectivity index (χ3v) is 6.58. The number of carbonyl (C=O) groups is 1. The smallest absolute Gasteiger partial charge is 0.245 e. The van der Waals surface area contributed by atoms with E-state index >= 15 is 0 Å². The maximum absolute atomic E-state index is 13.4. The summed E-state index contributed by atoms with van der Waals surface area (Å²) < 4.78 is 30.3. The molecule has 1 saturated heterocycles. The van der Waals surface area contributed by atoms with Crippen LogP contribution in [0.25, 0.3) is 0 Å². The number of hydrogen-bond acceptors (Lipinski definition) is 4. The van der Waals surface area contributed by atoms with Crippen molar-refractivity contribution in [3.63, 3.8) is 0 Å². The minimum atomic E-state index is -3.76. The summed E-state index contributed by atoms with van der Waals surface area (Å²) >= 11 is 0. The van der Waals surface area contributed by atoms with E-state index in [0.717, 1.165) is 24.1 Å². The first kappa shape index (κ1) is 18.6. The van der Waals surface area contributed by atoms with Gasteiger partial charge >= 0.3 is 0 Å². The summed E-state index contributed by atoms with van der Waals surface area (Å²) in [6.07, 6.45) is 3.25. The van der Waals surface area contributed by atoms with Gasteiger partial charge < -0.3 is 5.32 Å². The summed E-state index contributed by atoms with van der Waals surface area (Å²) in [5.41, 5.74) is 2.05. The lowest BCUT2D eigenvalue weighted by Crippen LogP contribution is -2.32. The second-order valence-corrected chi connectivity index (χ2v) is 8.39. The van der Waals surface area contributed by atoms with E-state index in [1.54, 1.807) is 24.4 Å². The third-order valence-electron chi connectivity index (χ3n) is 4.63. The van der Waals surface area contributed by atoms with Gasteiger partial charge in [0.05, 0.1) is 17.4 Å². The van der Waals surface area contributed by atoms with Crippen molar-refractivity contribution in [1.29, 1.82) is 0 Å². The first-order chi connectivity index (χ1) is 12.3. The zero-order valence-corrected chi connectivity index (χ0v) is 16.1. The highest BCUT2D eigenvalue weighted by atomic mass is 32.2. The number of amides is 1. The largest absolute Gasteiger partial charge is 0.325 e. The molecule has 0 unspecified atom stereocenters.